The number of carbonyl (C=O) groups excluding carboxylic acids is 1. The number of rotatable bonds is 7. The average molecular weight is 304 g/mol. The second kappa shape index (κ2) is 7.99. The lowest BCUT2D eigenvalue weighted by molar-refractivity contribution is -0.163. The van der Waals surface area contributed by atoms with Crippen molar-refractivity contribution in [3.63, 3.8) is 0 Å². The normalized spacial score (nSPS) is 13.0. The van der Waals surface area contributed by atoms with Crippen LogP contribution in [-0.4, -0.2) is 43.3 Å². The molecule has 2 N–H and O–H groups in total. The highest BCUT2D eigenvalue weighted by atomic mass is 19.4. The Hall–Kier alpha value is -1.60. The van der Waals surface area contributed by atoms with E-state index in [9.17, 15) is 18.0 Å². The van der Waals surface area contributed by atoms with Crippen molar-refractivity contribution in [2.75, 3.05) is 20.3 Å². The van der Waals surface area contributed by atoms with E-state index in [0.717, 1.165) is 4.90 Å². The molecule has 0 saturated heterocycles. The van der Waals surface area contributed by atoms with Crippen LogP contribution in [0.3, 0.4) is 0 Å². The third-order valence-corrected chi connectivity index (χ3v) is 2.85. The first kappa shape index (κ1) is 17.5. The maximum Gasteiger partial charge on any atom is 0.406 e. The Morgan fingerprint density at radius 1 is 1.33 bits per heavy atom. The minimum atomic E-state index is -4.47. The molecule has 1 amide bonds. The molecule has 0 bridgehead atoms. The van der Waals surface area contributed by atoms with Gasteiger partial charge in [0.25, 0.3) is 0 Å². The Morgan fingerprint density at radius 3 is 2.48 bits per heavy atom. The zero-order chi connectivity index (χ0) is 15.9. The van der Waals surface area contributed by atoms with Crippen molar-refractivity contribution >= 4 is 5.91 Å². The van der Waals surface area contributed by atoms with Crippen LogP contribution >= 0.6 is 0 Å². The maximum atomic E-state index is 12.6. The lowest BCUT2D eigenvalue weighted by atomic mass is 10.1. The molecule has 1 aromatic carbocycles. The van der Waals surface area contributed by atoms with E-state index in [1.54, 1.807) is 30.3 Å². The van der Waals surface area contributed by atoms with Gasteiger partial charge in [0.15, 0.2) is 0 Å². The zero-order valence-corrected chi connectivity index (χ0v) is 11.8. The van der Waals surface area contributed by atoms with Gasteiger partial charge in [0, 0.05) is 20.3 Å². The molecular formula is C14H19F3N2O2. The summed E-state index contributed by atoms with van der Waals surface area (Å²) in [6, 6.07) is 7.49. The predicted octanol–water partition coefficient (Wildman–Crippen LogP) is 1.94. The minimum Gasteiger partial charge on any atom is -0.385 e. The molecule has 1 unspecified atom stereocenters. The second-order valence-electron chi connectivity index (χ2n) is 4.68. The van der Waals surface area contributed by atoms with Crippen LogP contribution in [0.5, 0.6) is 0 Å². The molecule has 0 radical (unpaired) electrons. The quantitative estimate of drug-likeness (QED) is 0.837. The summed E-state index contributed by atoms with van der Waals surface area (Å²) in [5.74, 6) is -0.728. The van der Waals surface area contributed by atoms with Crippen molar-refractivity contribution in [2.45, 2.75) is 25.2 Å². The van der Waals surface area contributed by atoms with Gasteiger partial charge < -0.3 is 15.4 Å². The number of halogens is 3. The Morgan fingerprint density at radius 2 is 1.95 bits per heavy atom. The Balaban J connectivity index is 2.79. The van der Waals surface area contributed by atoms with E-state index in [-0.39, 0.29) is 19.6 Å². The van der Waals surface area contributed by atoms with Crippen molar-refractivity contribution < 1.29 is 22.7 Å². The van der Waals surface area contributed by atoms with Crippen molar-refractivity contribution in [1.29, 1.82) is 0 Å². The number of alkyl halides is 3. The van der Waals surface area contributed by atoms with Crippen molar-refractivity contribution in [3.05, 3.63) is 35.9 Å². The third kappa shape index (κ3) is 6.59. The van der Waals surface area contributed by atoms with E-state index in [0.29, 0.717) is 5.56 Å². The van der Waals surface area contributed by atoms with Gasteiger partial charge >= 0.3 is 6.18 Å². The summed E-state index contributed by atoms with van der Waals surface area (Å²) in [5.41, 5.74) is 6.26. The first-order chi connectivity index (χ1) is 9.83. The third-order valence-electron chi connectivity index (χ3n) is 2.85. The predicted molar refractivity (Wildman–Crippen MR) is 72.4 cm³/mol. The molecule has 1 aromatic rings. The molecule has 4 nitrogen and oxygen atoms in total. The number of methoxy groups -OCH3 is 1. The molecule has 1 atom stereocenters. The van der Waals surface area contributed by atoms with Crippen molar-refractivity contribution in [3.8, 4) is 0 Å². The van der Waals surface area contributed by atoms with Gasteiger partial charge in [-0.2, -0.15) is 13.2 Å². The van der Waals surface area contributed by atoms with E-state index in [4.69, 9.17) is 10.5 Å². The number of nitrogens with zero attached hydrogens (tertiary/aromatic N) is 1. The fourth-order valence-corrected chi connectivity index (χ4v) is 1.83. The number of hydrogen-bond acceptors (Lipinski definition) is 3. The van der Waals surface area contributed by atoms with Gasteiger partial charge in [-0.25, -0.2) is 0 Å². The standard InChI is InChI=1S/C14H19F3N2O2/c1-21-8-7-12(18)13(20)19(10-14(15,16)17)9-11-5-3-2-4-6-11/h2-6,12H,7-10,18H2,1H3. The molecule has 0 aromatic heterocycles. The largest absolute Gasteiger partial charge is 0.406 e. The van der Waals surface area contributed by atoms with E-state index < -0.39 is 24.7 Å². The van der Waals surface area contributed by atoms with Gasteiger partial charge in [-0.15, -0.1) is 0 Å². The summed E-state index contributed by atoms with van der Waals surface area (Å²) in [6.45, 7) is -1.22. The van der Waals surface area contributed by atoms with Crippen molar-refractivity contribution in [2.24, 2.45) is 5.73 Å². The molecule has 7 heteroatoms. The van der Waals surface area contributed by atoms with Crippen LogP contribution in [-0.2, 0) is 16.1 Å². The lowest BCUT2D eigenvalue weighted by Crippen LogP contribution is -2.47. The molecule has 118 valence electrons. The molecule has 0 aliphatic heterocycles. The number of nitrogens with two attached hydrogens (primary N) is 1. The number of hydrogen-bond donors (Lipinski definition) is 1. The Bertz CT molecular complexity index is 438. The fourth-order valence-electron chi connectivity index (χ4n) is 1.83. The molecular weight excluding hydrogens is 285 g/mol. The number of carbonyl (C=O) groups is 1. The molecule has 0 saturated carbocycles. The molecule has 0 spiro atoms. The summed E-state index contributed by atoms with van der Waals surface area (Å²) in [4.78, 5) is 12.8. The van der Waals surface area contributed by atoms with Gasteiger partial charge in [-0.05, 0) is 12.0 Å². The second-order valence-corrected chi connectivity index (χ2v) is 4.68. The van der Waals surface area contributed by atoms with Gasteiger partial charge in [-0.1, -0.05) is 30.3 Å². The van der Waals surface area contributed by atoms with Gasteiger partial charge in [0.1, 0.15) is 6.54 Å². The maximum absolute atomic E-state index is 12.6. The van der Waals surface area contributed by atoms with Crippen molar-refractivity contribution in [1.82, 2.24) is 4.90 Å². The van der Waals surface area contributed by atoms with Crippen LogP contribution in [0.4, 0.5) is 13.2 Å². The number of ether oxygens (including phenoxy) is 1. The van der Waals surface area contributed by atoms with E-state index >= 15 is 0 Å². The number of benzene rings is 1. The van der Waals surface area contributed by atoms with E-state index in [1.165, 1.54) is 7.11 Å². The van der Waals surface area contributed by atoms with Crippen LogP contribution < -0.4 is 5.73 Å². The summed E-state index contributed by atoms with van der Waals surface area (Å²) >= 11 is 0. The number of amides is 1. The van der Waals surface area contributed by atoms with Crippen LogP contribution in [0.2, 0.25) is 0 Å². The Kier molecular flexibility index (Phi) is 6.64. The highest BCUT2D eigenvalue weighted by Gasteiger charge is 2.34. The molecule has 21 heavy (non-hydrogen) atoms. The average Bonchev–Trinajstić information content (AvgIpc) is 2.43. The molecule has 0 aliphatic rings. The van der Waals surface area contributed by atoms with Gasteiger partial charge in [-0.3, -0.25) is 4.79 Å². The first-order valence-electron chi connectivity index (χ1n) is 6.47. The summed E-state index contributed by atoms with van der Waals surface area (Å²) in [6.07, 6.45) is -4.29. The van der Waals surface area contributed by atoms with Gasteiger partial charge in [0.05, 0.1) is 6.04 Å². The molecule has 1 rings (SSSR count). The lowest BCUT2D eigenvalue weighted by Gasteiger charge is -2.26. The summed E-state index contributed by atoms with van der Waals surface area (Å²) < 4.78 is 42.7. The molecule has 0 heterocycles. The SMILES string of the molecule is COCCC(N)C(=O)N(Cc1ccccc1)CC(F)(F)F. The van der Waals surface area contributed by atoms with Crippen LogP contribution in [0.1, 0.15) is 12.0 Å². The summed E-state index contributed by atoms with van der Waals surface area (Å²) in [5, 5.41) is 0. The minimum absolute atomic E-state index is 0.125. The fraction of sp³-hybridized carbons (Fsp3) is 0.500. The van der Waals surface area contributed by atoms with Crippen LogP contribution in [0.15, 0.2) is 30.3 Å². The smallest absolute Gasteiger partial charge is 0.385 e. The molecule has 0 aliphatic carbocycles. The van der Waals surface area contributed by atoms with Gasteiger partial charge in [0.2, 0.25) is 5.91 Å². The highest BCUT2D eigenvalue weighted by Crippen LogP contribution is 2.19. The first-order valence-corrected chi connectivity index (χ1v) is 6.47. The topological polar surface area (TPSA) is 55.6 Å². The van der Waals surface area contributed by atoms with E-state index in [2.05, 4.69) is 0 Å². The monoisotopic (exact) mass is 304 g/mol. The van der Waals surface area contributed by atoms with E-state index in [1.807, 2.05) is 0 Å². The summed E-state index contributed by atoms with van der Waals surface area (Å²) in [7, 11) is 1.44. The van der Waals surface area contributed by atoms with Crippen LogP contribution in [0.25, 0.3) is 0 Å². The Labute approximate surface area is 121 Å². The van der Waals surface area contributed by atoms with Crippen LogP contribution in [0, 0.1) is 0 Å². The molecule has 0 fully saturated rings. The highest BCUT2D eigenvalue weighted by molar-refractivity contribution is 5.81. The zero-order valence-electron chi connectivity index (χ0n) is 11.8.